The number of benzene rings is 1. The number of fused-ring (bicyclic) bond motifs is 3. The molecule has 0 saturated carbocycles. The minimum absolute atomic E-state index is 0.240. The molecule has 0 radical (unpaired) electrons. The van der Waals surface area contributed by atoms with Gasteiger partial charge in [0.05, 0.1) is 19.8 Å². The molecule has 1 aromatic carbocycles. The number of nitrogens with zero attached hydrogens (tertiary/aromatic N) is 4. The molecule has 1 aliphatic rings. The summed E-state index contributed by atoms with van der Waals surface area (Å²) in [4.78, 5) is 36.7. The molecule has 2 aromatic heterocycles. The SMILES string of the molecule is COc1ccc2c3n(c(=NC(=O)c4ccc(NC(C)=O)nc4)nc2c1OC)CCN3. The third kappa shape index (κ3) is 3.43. The molecule has 0 spiro atoms. The molecule has 0 atom stereocenters. The zero-order valence-electron chi connectivity index (χ0n) is 16.7. The summed E-state index contributed by atoms with van der Waals surface area (Å²) in [6.07, 6.45) is 1.37. The fourth-order valence-corrected chi connectivity index (χ4v) is 3.32. The Morgan fingerprint density at radius 3 is 2.70 bits per heavy atom. The maximum absolute atomic E-state index is 12.7. The molecule has 0 bridgehead atoms. The van der Waals surface area contributed by atoms with E-state index < -0.39 is 5.91 Å². The molecule has 0 unspecified atom stereocenters. The summed E-state index contributed by atoms with van der Waals surface area (Å²) in [5, 5.41) is 6.71. The average molecular weight is 408 g/mol. The van der Waals surface area contributed by atoms with Crippen molar-refractivity contribution in [3.8, 4) is 11.5 Å². The average Bonchev–Trinajstić information content (AvgIpc) is 3.23. The van der Waals surface area contributed by atoms with Crippen LogP contribution >= 0.6 is 0 Å². The monoisotopic (exact) mass is 408 g/mol. The summed E-state index contributed by atoms with van der Waals surface area (Å²) in [6, 6.07) is 6.81. The van der Waals surface area contributed by atoms with Gasteiger partial charge in [-0.15, -0.1) is 0 Å². The quantitative estimate of drug-likeness (QED) is 0.672. The number of anilines is 2. The maximum Gasteiger partial charge on any atom is 0.281 e. The number of methoxy groups -OCH3 is 2. The Morgan fingerprint density at radius 2 is 2.03 bits per heavy atom. The number of hydrogen-bond acceptors (Lipinski definition) is 7. The summed E-state index contributed by atoms with van der Waals surface area (Å²) in [5.41, 5.74) is 1.08. The van der Waals surface area contributed by atoms with Crippen LogP contribution in [0, 0.1) is 0 Å². The Kier molecular flexibility index (Phi) is 5.05. The van der Waals surface area contributed by atoms with E-state index in [0.717, 1.165) is 11.2 Å². The number of carbonyl (C=O) groups is 2. The molecule has 154 valence electrons. The first-order valence-electron chi connectivity index (χ1n) is 9.24. The molecule has 3 aromatic rings. The third-order valence-corrected chi connectivity index (χ3v) is 4.64. The van der Waals surface area contributed by atoms with E-state index in [9.17, 15) is 9.59 Å². The topological polar surface area (TPSA) is 120 Å². The van der Waals surface area contributed by atoms with Crippen LogP contribution in [0.5, 0.6) is 11.5 Å². The van der Waals surface area contributed by atoms with Gasteiger partial charge < -0.3 is 20.1 Å². The van der Waals surface area contributed by atoms with Gasteiger partial charge in [-0.25, -0.2) is 9.97 Å². The predicted octanol–water partition coefficient (Wildman–Crippen LogP) is 1.57. The highest BCUT2D eigenvalue weighted by Gasteiger charge is 2.20. The summed E-state index contributed by atoms with van der Waals surface area (Å²) in [5.74, 6) is 1.45. The molecule has 2 N–H and O–H groups in total. The van der Waals surface area contributed by atoms with Crippen LogP contribution in [0.2, 0.25) is 0 Å². The summed E-state index contributed by atoms with van der Waals surface area (Å²) >= 11 is 0. The number of hydrogen-bond donors (Lipinski definition) is 2. The third-order valence-electron chi connectivity index (χ3n) is 4.64. The number of aromatic nitrogens is 3. The van der Waals surface area contributed by atoms with Crippen molar-refractivity contribution in [3.63, 3.8) is 0 Å². The van der Waals surface area contributed by atoms with E-state index in [4.69, 9.17) is 9.47 Å². The molecule has 0 aliphatic carbocycles. The van der Waals surface area contributed by atoms with Crippen LogP contribution in [-0.2, 0) is 11.3 Å². The number of rotatable bonds is 4. The van der Waals surface area contributed by atoms with Crippen molar-refractivity contribution in [1.82, 2.24) is 14.5 Å². The van der Waals surface area contributed by atoms with Gasteiger partial charge in [-0.05, 0) is 24.3 Å². The fourth-order valence-electron chi connectivity index (χ4n) is 3.32. The lowest BCUT2D eigenvalue weighted by atomic mass is 10.2. The van der Waals surface area contributed by atoms with E-state index in [1.54, 1.807) is 19.2 Å². The van der Waals surface area contributed by atoms with Gasteiger partial charge in [-0.3, -0.25) is 14.2 Å². The van der Waals surface area contributed by atoms with E-state index in [0.29, 0.717) is 35.9 Å². The predicted molar refractivity (Wildman–Crippen MR) is 110 cm³/mol. The van der Waals surface area contributed by atoms with Crippen LogP contribution in [0.15, 0.2) is 35.5 Å². The molecule has 2 amide bonds. The second-order valence-electron chi connectivity index (χ2n) is 6.57. The summed E-state index contributed by atoms with van der Waals surface area (Å²) < 4.78 is 12.7. The molecule has 0 fully saturated rings. The Morgan fingerprint density at radius 1 is 1.20 bits per heavy atom. The van der Waals surface area contributed by atoms with Gasteiger partial charge >= 0.3 is 0 Å². The Hall–Kier alpha value is -3.95. The number of carbonyl (C=O) groups excluding carboxylic acids is 2. The molecule has 0 saturated heterocycles. The van der Waals surface area contributed by atoms with Crippen LogP contribution in [0.4, 0.5) is 11.6 Å². The lowest BCUT2D eigenvalue weighted by Gasteiger charge is -2.13. The molecular formula is C20H20N6O4. The Labute approximate surface area is 171 Å². The number of pyridine rings is 1. The van der Waals surface area contributed by atoms with Crippen LogP contribution in [-0.4, -0.2) is 47.1 Å². The smallest absolute Gasteiger partial charge is 0.281 e. The fraction of sp³-hybridized carbons (Fsp3) is 0.250. The zero-order valence-corrected chi connectivity index (χ0v) is 16.7. The zero-order chi connectivity index (χ0) is 21.3. The molecule has 10 heteroatoms. The second-order valence-corrected chi connectivity index (χ2v) is 6.57. The minimum Gasteiger partial charge on any atom is -0.493 e. The molecule has 3 heterocycles. The lowest BCUT2D eigenvalue weighted by molar-refractivity contribution is -0.114. The van der Waals surface area contributed by atoms with Crippen molar-refractivity contribution in [3.05, 3.63) is 41.6 Å². The van der Waals surface area contributed by atoms with E-state index in [1.807, 2.05) is 16.7 Å². The van der Waals surface area contributed by atoms with Crippen molar-refractivity contribution in [2.24, 2.45) is 4.99 Å². The number of ether oxygens (including phenoxy) is 2. The largest absolute Gasteiger partial charge is 0.493 e. The molecule has 10 nitrogen and oxygen atoms in total. The van der Waals surface area contributed by atoms with Crippen LogP contribution in [0.25, 0.3) is 10.9 Å². The van der Waals surface area contributed by atoms with Crippen molar-refractivity contribution in [1.29, 1.82) is 0 Å². The van der Waals surface area contributed by atoms with Crippen LogP contribution in [0.3, 0.4) is 0 Å². The van der Waals surface area contributed by atoms with E-state index in [2.05, 4.69) is 25.6 Å². The molecular weight excluding hydrogens is 388 g/mol. The lowest BCUT2D eigenvalue weighted by Crippen LogP contribution is -2.25. The van der Waals surface area contributed by atoms with Gasteiger partial charge in [0.25, 0.3) is 5.91 Å². The Bertz CT molecular complexity index is 1220. The minimum atomic E-state index is -0.493. The van der Waals surface area contributed by atoms with Crippen molar-refractivity contribution in [2.45, 2.75) is 13.5 Å². The molecule has 30 heavy (non-hydrogen) atoms. The van der Waals surface area contributed by atoms with E-state index in [-0.39, 0.29) is 17.1 Å². The summed E-state index contributed by atoms with van der Waals surface area (Å²) in [7, 11) is 3.09. The summed E-state index contributed by atoms with van der Waals surface area (Å²) in [6.45, 7) is 2.70. The van der Waals surface area contributed by atoms with Crippen molar-refractivity contribution >= 4 is 34.4 Å². The van der Waals surface area contributed by atoms with Crippen LogP contribution in [0.1, 0.15) is 17.3 Å². The number of nitrogens with one attached hydrogen (secondary N) is 2. The van der Waals surface area contributed by atoms with Crippen molar-refractivity contribution < 1.29 is 19.1 Å². The van der Waals surface area contributed by atoms with E-state index >= 15 is 0 Å². The molecule has 4 rings (SSSR count). The standard InChI is InChI=1S/C20H20N6O4/c1-11(27)23-15-7-4-12(10-22-15)19(28)25-20-24-16-13(18-21-8-9-26(18)20)5-6-14(29-2)17(16)30-3/h4-7,10,21H,8-9H2,1-3H3,(H,22,23,27). The molecule has 1 aliphatic heterocycles. The van der Waals surface area contributed by atoms with Gasteiger partial charge in [0.2, 0.25) is 11.5 Å². The highest BCUT2D eigenvalue weighted by molar-refractivity contribution is 5.97. The first-order chi connectivity index (χ1) is 14.5. The van der Waals surface area contributed by atoms with Gasteiger partial charge in [0.1, 0.15) is 17.2 Å². The maximum atomic E-state index is 12.7. The first kappa shape index (κ1) is 19.4. The number of amides is 2. The van der Waals surface area contributed by atoms with Gasteiger partial charge in [0.15, 0.2) is 11.5 Å². The van der Waals surface area contributed by atoms with Gasteiger partial charge in [-0.1, -0.05) is 0 Å². The van der Waals surface area contributed by atoms with Crippen LogP contribution < -0.4 is 25.7 Å². The highest BCUT2D eigenvalue weighted by Crippen LogP contribution is 2.36. The highest BCUT2D eigenvalue weighted by atomic mass is 16.5. The first-order valence-corrected chi connectivity index (χ1v) is 9.24. The van der Waals surface area contributed by atoms with Gasteiger partial charge in [-0.2, -0.15) is 4.99 Å². The van der Waals surface area contributed by atoms with Crippen molar-refractivity contribution in [2.75, 3.05) is 31.4 Å². The Balaban J connectivity index is 1.82. The van der Waals surface area contributed by atoms with Gasteiger partial charge in [0, 0.05) is 31.6 Å². The second kappa shape index (κ2) is 7.82. The van der Waals surface area contributed by atoms with E-state index in [1.165, 1.54) is 20.2 Å². The normalized spacial score (nSPS) is 13.0.